The molecule has 22 heavy (non-hydrogen) atoms. The van der Waals surface area contributed by atoms with Crippen molar-refractivity contribution < 1.29 is 9.53 Å². The predicted octanol–water partition coefficient (Wildman–Crippen LogP) is 4.00. The second-order valence-corrected chi connectivity index (χ2v) is 5.29. The summed E-state index contributed by atoms with van der Waals surface area (Å²) in [4.78, 5) is 12.2. The minimum atomic E-state index is -0.466. The van der Waals surface area contributed by atoms with Gasteiger partial charge in [-0.25, -0.2) is 0 Å². The van der Waals surface area contributed by atoms with Crippen LogP contribution in [0.5, 0.6) is 5.75 Å². The van der Waals surface area contributed by atoms with Gasteiger partial charge in [-0.3, -0.25) is 4.79 Å². The first-order valence-corrected chi connectivity index (χ1v) is 7.25. The van der Waals surface area contributed by atoms with Crippen molar-refractivity contribution in [2.45, 2.75) is 0 Å². The lowest BCUT2D eigenvalue weighted by Crippen LogP contribution is -2.13. The molecule has 0 heterocycles. The zero-order valence-electron chi connectivity index (χ0n) is 11.8. The van der Waals surface area contributed by atoms with E-state index in [0.717, 1.165) is 4.47 Å². The molecule has 0 radical (unpaired) electrons. The van der Waals surface area contributed by atoms with Crippen molar-refractivity contribution in [2.24, 2.45) is 0 Å². The van der Waals surface area contributed by atoms with Crippen LogP contribution in [0.4, 0.5) is 5.69 Å². The topological polar surface area (TPSA) is 62.1 Å². The van der Waals surface area contributed by atoms with Crippen molar-refractivity contribution in [1.29, 1.82) is 5.26 Å². The van der Waals surface area contributed by atoms with Gasteiger partial charge in [0.25, 0.3) is 5.91 Å². The monoisotopic (exact) mass is 356 g/mol. The Morgan fingerprint density at radius 2 is 2.05 bits per heavy atom. The molecule has 5 heteroatoms. The van der Waals surface area contributed by atoms with E-state index in [9.17, 15) is 10.1 Å². The van der Waals surface area contributed by atoms with Gasteiger partial charge < -0.3 is 10.1 Å². The Bertz CT molecular complexity index is 763. The predicted molar refractivity (Wildman–Crippen MR) is 89.4 cm³/mol. The lowest BCUT2D eigenvalue weighted by Gasteiger charge is -2.06. The lowest BCUT2D eigenvalue weighted by atomic mass is 10.1. The van der Waals surface area contributed by atoms with E-state index < -0.39 is 5.91 Å². The molecule has 2 aromatic carbocycles. The third-order valence-corrected chi connectivity index (χ3v) is 3.38. The van der Waals surface area contributed by atoms with E-state index in [0.29, 0.717) is 17.0 Å². The van der Waals surface area contributed by atoms with Crippen molar-refractivity contribution in [3.05, 3.63) is 64.1 Å². The number of rotatable bonds is 4. The molecule has 2 aromatic rings. The summed E-state index contributed by atoms with van der Waals surface area (Å²) in [5.74, 6) is 0.136. The van der Waals surface area contributed by atoms with E-state index in [4.69, 9.17) is 4.74 Å². The average Bonchev–Trinajstić information content (AvgIpc) is 2.52. The van der Waals surface area contributed by atoms with Gasteiger partial charge in [0.1, 0.15) is 17.4 Å². The second kappa shape index (κ2) is 7.43. The SMILES string of the molecule is COc1ccccc1/C=C(\C#N)C(=O)Nc1cccc(Br)c1. The van der Waals surface area contributed by atoms with E-state index in [-0.39, 0.29) is 5.57 Å². The van der Waals surface area contributed by atoms with Gasteiger partial charge in [0, 0.05) is 15.7 Å². The van der Waals surface area contributed by atoms with Crippen LogP contribution in [0.2, 0.25) is 0 Å². The molecular weight excluding hydrogens is 344 g/mol. The summed E-state index contributed by atoms with van der Waals surface area (Å²) in [7, 11) is 1.54. The molecule has 0 aliphatic heterocycles. The normalized spacial score (nSPS) is 10.7. The van der Waals surface area contributed by atoms with Gasteiger partial charge in [0.15, 0.2) is 0 Å². The summed E-state index contributed by atoms with van der Waals surface area (Å²) < 4.78 is 6.06. The zero-order chi connectivity index (χ0) is 15.9. The van der Waals surface area contributed by atoms with E-state index in [1.54, 1.807) is 37.4 Å². The average molecular weight is 357 g/mol. The molecule has 1 amide bonds. The number of nitrogens with zero attached hydrogens (tertiary/aromatic N) is 1. The fraction of sp³-hybridized carbons (Fsp3) is 0.0588. The van der Waals surface area contributed by atoms with Gasteiger partial charge in [-0.15, -0.1) is 0 Å². The lowest BCUT2D eigenvalue weighted by molar-refractivity contribution is -0.112. The summed E-state index contributed by atoms with van der Waals surface area (Å²) in [5, 5.41) is 11.9. The highest BCUT2D eigenvalue weighted by molar-refractivity contribution is 9.10. The number of ether oxygens (including phenoxy) is 1. The molecule has 0 atom stereocenters. The molecule has 1 N–H and O–H groups in total. The molecule has 110 valence electrons. The molecule has 2 rings (SSSR count). The highest BCUT2D eigenvalue weighted by atomic mass is 79.9. The number of nitriles is 1. The summed E-state index contributed by atoms with van der Waals surface area (Å²) in [6.45, 7) is 0. The first-order valence-electron chi connectivity index (χ1n) is 6.46. The maximum atomic E-state index is 12.2. The fourth-order valence-electron chi connectivity index (χ4n) is 1.85. The van der Waals surface area contributed by atoms with Gasteiger partial charge in [-0.2, -0.15) is 5.26 Å². The molecule has 0 spiro atoms. The molecule has 0 saturated heterocycles. The number of anilines is 1. The molecule has 0 fully saturated rings. The van der Waals surface area contributed by atoms with Crippen LogP contribution in [0.15, 0.2) is 58.6 Å². The Morgan fingerprint density at radius 3 is 2.73 bits per heavy atom. The number of methoxy groups -OCH3 is 1. The number of benzene rings is 2. The number of amides is 1. The van der Waals surface area contributed by atoms with Gasteiger partial charge >= 0.3 is 0 Å². The van der Waals surface area contributed by atoms with Crippen LogP contribution in [0.3, 0.4) is 0 Å². The minimum absolute atomic E-state index is 0.00414. The Kier molecular flexibility index (Phi) is 5.34. The highest BCUT2D eigenvalue weighted by Gasteiger charge is 2.11. The van der Waals surface area contributed by atoms with Crippen molar-refractivity contribution in [3.63, 3.8) is 0 Å². The largest absolute Gasteiger partial charge is 0.496 e. The van der Waals surface area contributed by atoms with Crippen molar-refractivity contribution in [3.8, 4) is 11.8 Å². The number of hydrogen-bond acceptors (Lipinski definition) is 3. The minimum Gasteiger partial charge on any atom is -0.496 e. The molecule has 0 aromatic heterocycles. The van der Waals surface area contributed by atoms with Crippen LogP contribution in [0.25, 0.3) is 6.08 Å². The Hall–Kier alpha value is -2.58. The van der Waals surface area contributed by atoms with Crippen molar-refractivity contribution in [2.75, 3.05) is 12.4 Å². The standard InChI is InChI=1S/C17H13BrN2O2/c1-22-16-8-3-2-5-12(16)9-13(11-19)17(21)20-15-7-4-6-14(18)10-15/h2-10H,1H3,(H,20,21)/b13-9+. The van der Waals surface area contributed by atoms with Crippen molar-refractivity contribution >= 4 is 33.6 Å². The third-order valence-electron chi connectivity index (χ3n) is 2.89. The Morgan fingerprint density at radius 1 is 1.27 bits per heavy atom. The first-order chi connectivity index (χ1) is 10.6. The maximum Gasteiger partial charge on any atom is 0.266 e. The smallest absolute Gasteiger partial charge is 0.266 e. The number of halogens is 1. The van der Waals surface area contributed by atoms with E-state index >= 15 is 0 Å². The maximum absolute atomic E-state index is 12.2. The Balaban J connectivity index is 2.26. The molecule has 0 saturated carbocycles. The number of para-hydroxylation sites is 1. The van der Waals surface area contributed by atoms with Crippen LogP contribution in [0.1, 0.15) is 5.56 Å². The van der Waals surface area contributed by atoms with E-state index in [1.165, 1.54) is 6.08 Å². The summed E-state index contributed by atoms with van der Waals surface area (Å²) in [6, 6.07) is 16.3. The van der Waals surface area contributed by atoms with Gasteiger partial charge in [0.05, 0.1) is 7.11 Å². The summed E-state index contributed by atoms with van der Waals surface area (Å²) >= 11 is 3.33. The highest BCUT2D eigenvalue weighted by Crippen LogP contribution is 2.21. The summed E-state index contributed by atoms with van der Waals surface area (Å²) in [6.07, 6.45) is 1.51. The summed E-state index contributed by atoms with van der Waals surface area (Å²) in [5.41, 5.74) is 1.29. The zero-order valence-corrected chi connectivity index (χ0v) is 13.4. The Labute approximate surface area is 137 Å². The number of hydrogen-bond donors (Lipinski definition) is 1. The quantitative estimate of drug-likeness (QED) is 0.665. The second-order valence-electron chi connectivity index (χ2n) is 4.38. The molecule has 4 nitrogen and oxygen atoms in total. The molecule has 0 aliphatic rings. The van der Waals surface area contributed by atoms with Crippen LogP contribution in [-0.2, 0) is 4.79 Å². The van der Waals surface area contributed by atoms with E-state index in [2.05, 4.69) is 21.2 Å². The van der Waals surface area contributed by atoms with Gasteiger partial charge in [0.2, 0.25) is 0 Å². The molecule has 0 bridgehead atoms. The number of carbonyl (C=O) groups is 1. The third kappa shape index (κ3) is 3.96. The van der Waals surface area contributed by atoms with E-state index in [1.807, 2.05) is 24.3 Å². The molecular formula is C17H13BrN2O2. The number of nitrogens with one attached hydrogen (secondary N) is 1. The van der Waals surface area contributed by atoms with Gasteiger partial charge in [-0.1, -0.05) is 40.2 Å². The van der Waals surface area contributed by atoms with Crippen LogP contribution in [0, 0.1) is 11.3 Å². The molecule has 0 unspecified atom stereocenters. The van der Waals surface area contributed by atoms with Crippen LogP contribution >= 0.6 is 15.9 Å². The van der Waals surface area contributed by atoms with Crippen molar-refractivity contribution in [1.82, 2.24) is 0 Å². The van der Waals surface area contributed by atoms with Crippen LogP contribution in [-0.4, -0.2) is 13.0 Å². The number of carbonyl (C=O) groups excluding carboxylic acids is 1. The fourth-order valence-corrected chi connectivity index (χ4v) is 2.25. The first kappa shape index (κ1) is 15.8. The van der Waals surface area contributed by atoms with Gasteiger partial charge in [-0.05, 0) is 30.3 Å². The van der Waals surface area contributed by atoms with Crippen LogP contribution < -0.4 is 10.1 Å². The molecule has 0 aliphatic carbocycles.